The molecule has 5 heteroatoms. The van der Waals surface area contributed by atoms with Gasteiger partial charge in [-0.25, -0.2) is 4.98 Å². The van der Waals surface area contributed by atoms with Gasteiger partial charge in [0.1, 0.15) is 5.82 Å². The Bertz CT molecular complexity index is 388. The van der Waals surface area contributed by atoms with Crippen molar-refractivity contribution in [2.75, 3.05) is 11.9 Å². The molecular weight excluding hydrogens is 232 g/mol. The van der Waals surface area contributed by atoms with E-state index in [0.29, 0.717) is 6.04 Å². The fraction of sp³-hybridized carbons (Fsp3) is 0.833. The van der Waals surface area contributed by atoms with Gasteiger partial charge in [-0.3, -0.25) is 4.90 Å². The van der Waals surface area contributed by atoms with Crippen molar-refractivity contribution in [3.63, 3.8) is 0 Å². The summed E-state index contributed by atoms with van der Waals surface area (Å²) in [5.41, 5.74) is 0. The van der Waals surface area contributed by atoms with Gasteiger partial charge in [-0.05, 0) is 26.2 Å². The van der Waals surface area contributed by atoms with Gasteiger partial charge in [0.2, 0.25) is 5.13 Å². The molecule has 2 fully saturated rings. The van der Waals surface area contributed by atoms with Gasteiger partial charge in [0, 0.05) is 42.6 Å². The summed E-state index contributed by atoms with van der Waals surface area (Å²) in [6.07, 6.45) is 4.96. The van der Waals surface area contributed by atoms with Crippen LogP contribution in [-0.4, -0.2) is 38.9 Å². The Morgan fingerprint density at radius 1 is 1.47 bits per heavy atom. The van der Waals surface area contributed by atoms with E-state index in [2.05, 4.69) is 33.4 Å². The lowest BCUT2D eigenvalue weighted by atomic mass is 10.2. The van der Waals surface area contributed by atoms with Gasteiger partial charge < -0.3 is 5.32 Å². The fourth-order valence-electron chi connectivity index (χ4n) is 2.71. The van der Waals surface area contributed by atoms with Crippen LogP contribution in [0.1, 0.15) is 38.9 Å². The topological polar surface area (TPSA) is 41.1 Å². The van der Waals surface area contributed by atoms with Crippen LogP contribution in [0.4, 0.5) is 5.13 Å². The van der Waals surface area contributed by atoms with Crippen molar-refractivity contribution < 1.29 is 0 Å². The van der Waals surface area contributed by atoms with Crippen LogP contribution >= 0.6 is 11.5 Å². The summed E-state index contributed by atoms with van der Waals surface area (Å²) in [4.78, 5) is 7.13. The molecule has 1 aliphatic carbocycles. The van der Waals surface area contributed by atoms with Crippen LogP contribution in [-0.2, 0) is 6.42 Å². The predicted octanol–water partition coefficient (Wildman–Crippen LogP) is 2.14. The third kappa shape index (κ3) is 2.45. The van der Waals surface area contributed by atoms with Gasteiger partial charge in [-0.2, -0.15) is 4.37 Å². The van der Waals surface area contributed by atoms with Crippen molar-refractivity contribution in [2.45, 2.75) is 57.7 Å². The summed E-state index contributed by atoms with van der Waals surface area (Å²) in [6, 6.07) is 2.15. The van der Waals surface area contributed by atoms with E-state index >= 15 is 0 Å². The predicted molar refractivity (Wildman–Crippen MR) is 70.5 cm³/mol. The molecule has 1 aromatic rings. The number of aromatic nitrogens is 2. The number of aryl methyl sites for hydroxylation is 1. The van der Waals surface area contributed by atoms with Gasteiger partial charge in [0.25, 0.3) is 0 Å². The highest BCUT2D eigenvalue weighted by molar-refractivity contribution is 7.09. The summed E-state index contributed by atoms with van der Waals surface area (Å²) in [5.74, 6) is 0.961. The molecule has 0 amide bonds. The lowest BCUT2D eigenvalue weighted by molar-refractivity contribution is 0.257. The minimum atomic E-state index is 0.559. The van der Waals surface area contributed by atoms with Crippen LogP contribution in [0.5, 0.6) is 0 Å². The highest BCUT2D eigenvalue weighted by atomic mass is 32.1. The summed E-state index contributed by atoms with van der Waals surface area (Å²) in [5, 5.41) is 4.54. The van der Waals surface area contributed by atoms with Crippen LogP contribution in [0.3, 0.4) is 0 Å². The maximum Gasteiger partial charge on any atom is 0.202 e. The van der Waals surface area contributed by atoms with Crippen LogP contribution in [0, 0.1) is 0 Å². The molecule has 0 bridgehead atoms. The molecule has 1 N–H and O–H groups in total. The number of anilines is 1. The lowest BCUT2D eigenvalue weighted by Gasteiger charge is -2.19. The van der Waals surface area contributed by atoms with Crippen LogP contribution in [0.15, 0.2) is 0 Å². The van der Waals surface area contributed by atoms with Crippen molar-refractivity contribution in [1.82, 2.24) is 14.3 Å². The average molecular weight is 252 g/mol. The molecule has 17 heavy (non-hydrogen) atoms. The summed E-state index contributed by atoms with van der Waals surface area (Å²) < 4.78 is 4.32. The van der Waals surface area contributed by atoms with Crippen molar-refractivity contribution in [3.05, 3.63) is 5.82 Å². The highest BCUT2D eigenvalue weighted by Gasteiger charge is 2.38. The standard InChI is InChI=1S/C12H20N4S/c1-3-11-14-12(17-15-11)13-9-6-8(2)16(7-9)10-4-5-10/h8-10H,3-7H2,1-2H3,(H,13,14,15). The first-order valence-corrected chi connectivity index (χ1v) is 7.38. The second-order valence-electron chi connectivity index (χ2n) is 5.22. The zero-order valence-electron chi connectivity index (χ0n) is 10.5. The molecule has 2 unspecified atom stereocenters. The number of nitrogens with one attached hydrogen (secondary N) is 1. The Morgan fingerprint density at radius 3 is 2.94 bits per heavy atom. The van der Waals surface area contributed by atoms with E-state index in [-0.39, 0.29) is 0 Å². The maximum atomic E-state index is 4.48. The molecule has 2 atom stereocenters. The van der Waals surface area contributed by atoms with E-state index < -0.39 is 0 Å². The van der Waals surface area contributed by atoms with Crippen molar-refractivity contribution >= 4 is 16.7 Å². The first-order chi connectivity index (χ1) is 8.26. The number of hydrogen-bond donors (Lipinski definition) is 1. The minimum Gasteiger partial charge on any atom is -0.356 e. The lowest BCUT2D eigenvalue weighted by Crippen LogP contribution is -2.30. The number of hydrogen-bond acceptors (Lipinski definition) is 5. The largest absolute Gasteiger partial charge is 0.356 e. The van der Waals surface area contributed by atoms with Crippen LogP contribution < -0.4 is 5.32 Å². The van der Waals surface area contributed by atoms with Crippen LogP contribution in [0.2, 0.25) is 0 Å². The molecule has 2 aliphatic rings. The van der Waals surface area contributed by atoms with E-state index in [1.54, 1.807) is 0 Å². The molecule has 0 spiro atoms. The highest BCUT2D eigenvalue weighted by Crippen LogP contribution is 2.34. The van der Waals surface area contributed by atoms with Crippen molar-refractivity contribution in [1.29, 1.82) is 0 Å². The molecular formula is C12H20N4S. The summed E-state index contributed by atoms with van der Waals surface area (Å²) in [7, 11) is 0. The van der Waals surface area contributed by atoms with Gasteiger partial charge in [0.05, 0.1) is 0 Å². The van der Waals surface area contributed by atoms with E-state index in [0.717, 1.165) is 29.5 Å². The maximum absolute atomic E-state index is 4.48. The average Bonchev–Trinajstić information content (AvgIpc) is 2.95. The first-order valence-electron chi connectivity index (χ1n) is 6.61. The van der Waals surface area contributed by atoms with Crippen molar-refractivity contribution in [3.8, 4) is 0 Å². The van der Waals surface area contributed by atoms with Crippen molar-refractivity contribution in [2.24, 2.45) is 0 Å². The number of nitrogens with zero attached hydrogens (tertiary/aromatic N) is 3. The van der Waals surface area contributed by atoms with Gasteiger partial charge in [0.15, 0.2) is 0 Å². The number of rotatable bonds is 4. The zero-order valence-corrected chi connectivity index (χ0v) is 11.3. The molecule has 4 nitrogen and oxygen atoms in total. The minimum absolute atomic E-state index is 0.559. The normalized spacial score (nSPS) is 29.8. The molecule has 2 heterocycles. The Balaban J connectivity index is 1.58. The smallest absolute Gasteiger partial charge is 0.202 e. The summed E-state index contributed by atoms with van der Waals surface area (Å²) >= 11 is 1.50. The first kappa shape index (κ1) is 11.4. The van der Waals surface area contributed by atoms with E-state index in [1.807, 2.05) is 0 Å². The van der Waals surface area contributed by atoms with Crippen LogP contribution in [0.25, 0.3) is 0 Å². The third-order valence-electron chi connectivity index (χ3n) is 3.75. The quantitative estimate of drug-likeness (QED) is 0.891. The molecule has 0 radical (unpaired) electrons. The Hall–Kier alpha value is -0.680. The van der Waals surface area contributed by atoms with Gasteiger partial charge in [-0.15, -0.1) is 0 Å². The zero-order chi connectivity index (χ0) is 11.8. The molecule has 1 saturated carbocycles. The van der Waals surface area contributed by atoms with Gasteiger partial charge >= 0.3 is 0 Å². The molecule has 1 aliphatic heterocycles. The van der Waals surface area contributed by atoms with E-state index in [1.165, 1.54) is 37.3 Å². The molecule has 3 rings (SSSR count). The van der Waals surface area contributed by atoms with E-state index in [9.17, 15) is 0 Å². The second kappa shape index (κ2) is 4.53. The molecule has 1 aromatic heterocycles. The molecule has 0 aromatic carbocycles. The SMILES string of the molecule is CCc1nsc(NC2CC(C)N(C3CC3)C2)n1. The molecule has 94 valence electrons. The monoisotopic (exact) mass is 252 g/mol. The molecule has 1 saturated heterocycles. The Morgan fingerprint density at radius 2 is 2.29 bits per heavy atom. The number of likely N-dealkylation sites (tertiary alicyclic amines) is 1. The van der Waals surface area contributed by atoms with E-state index in [4.69, 9.17) is 0 Å². The fourth-order valence-corrected chi connectivity index (χ4v) is 3.43. The van der Waals surface area contributed by atoms with Gasteiger partial charge in [-0.1, -0.05) is 6.92 Å². The summed E-state index contributed by atoms with van der Waals surface area (Å²) in [6.45, 7) is 5.61. The third-order valence-corrected chi connectivity index (χ3v) is 4.43. The second-order valence-corrected chi connectivity index (χ2v) is 5.98. The Labute approximate surface area is 107 Å². The Kier molecular flexibility index (Phi) is 3.04.